The van der Waals surface area contributed by atoms with Crippen LogP contribution >= 0.6 is 0 Å². The van der Waals surface area contributed by atoms with E-state index in [1.807, 2.05) is 34.7 Å². The van der Waals surface area contributed by atoms with Gasteiger partial charge in [0.05, 0.1) is 29.8 Å². The summed E-state index contributed by atoms with van der Waals surface area (Å²) in [6.07, 6.45) is 11.1. The van der Waals surface area contributed by atoms with Crippen LogP contribution in [0.5, 0.6) is 0 Å². The van der Waals surface area contributed by atoms with E-state index in [4.69, 9.17) is 0 Å². The Balaban J connectivity index is 1.66. The van der Waals surface area contributed by atoms with Crippen LogP contribution in [0.15, 0.2) is 60.4 Å². The molecular weight excluding hydrogens is 352 g/mol. The third-order valence-electron chi connectivity index (χ3n) is 5.22. The Morgan fingerprint density at radius 2 is 2.04 bits per heavy atom. The average Bonchev–Trinajstić information content (AvgIpc) is 3.09. The second-order valence-corrected chi connectivity index (χ2v) is 7.00. The first-order chi connectivity index (χ1) is 13.7. The molecule has 0 fully saturated rings. The maximum Gasteiger partial charge on any atom is 0.146 e. The highest BCUT2D eigenvalue weighted by molar-refractivity contribution is 6.01. The summed E-state index contributed by atoms with van der Waals surface area (Å²) in [5.41, 5.74) is 6.17. The number of imidazole rings is 1. The van der Waals surface area contributed by atoms with E-state index in [0.29, 0.717) is 6.54 Å². The lowest BCUT2D eigenvalue weighted by Crippen LogP contribution is -2.39. The Morgan fingerprint density at radius 3 is 2.82 bits per heavy atom. The molecule has 2 aliphatic rings. The lowest BCUT2D eigenvalue weighted by atomic mass is 9.90. The summed E-state index contributed by atoms with van der Waals surface area (Å²) >= 11 is 0. The van der Waals surface area contributed by atoms with Gasteiger partial charge in [0, 0.05) is 42.3 Å². The monoisotopic (exact) mass is 372 g/mol. The largest absolute Gasteiger partial charge is 0.372 e. The van der Waals surface area contributed by atoms with Crippen molar-refractivity contribution in [2.75, 3.05) is 13.1 Å². The predicted molar refractivity (Wildman–Crippen MR) is 107 cm³/mol. The molecule has 7 nitrogen and oxygen atoms in total. The molecule has 0 saturated carbocycles. The van der Waals surface area contributed by atoms with E-state index < -0.39 is 6.23 Å². The van der Waals surface area contributed by atoms with Gasteiger partial charge >= 0.3 is 0 Å². The second kappa shape index (κ2) is 6.69. The van der Waals surface area contributed by atoms with Gasteiger partial charge in [0.25, 0.3) is 0 Å². The third kappa shape index (κ3) is 2.80. The van der Waals surface area contributed by atoms with Crippen LogP contribution in [0.4, 0.5) is 0 Å². The van der Waals surface area contributed by atoms with Gasteiger partial charge in [-0.3, -0.25) is 19.5 Å². The Bertz CT molecular complexity index is 1090. The molecule has 2 aliphatic heterocycles. The minimum Gasteiger partial charge on any atom is -0.372 e. The predicted octanol–water partition coefficient (Wildman–Crippen LogP) is 2.13. The average molecular weight is 372 g/mol. The van der Waals surface area contributed by atoms with Gasteiger partial charge in [0.2, 0.25) is 0 Å². The van der Waals surface area contributed by atoms with Crippen LogP contribution in [0.25, 0.3) is 17.0 Å². The number of benzene rings is 1. The van der Waals surface area contributed by atoms with E-state index in [-0.39, 0.29) is 0 Å². The molecule has 140 valence electrons. The summed E-state index contributed by atoms with van der Waals surface area (Å²) in [5, 5.41) is 10.7. The first-order valence-corrected chi connectivity index (χ1v) is 9.31. The maximum atomic E-state index is 10.7. The molecule has 28 heavy (non-hydrogen) atoms. The number of hydrogen-bond acceptors (Lipinski definition) is 6. The van der Waals surface area contributed by atoms with Crippen molar-refractivity contribution in [3.05, 3.63) is 72.2 Å². The van der Waals surface area contributed by atoms with Gasteiger partial charge in [-0.05, 0) is 18.9 Å². The summed E-state index contributed by atoms with van der Waals surface area (Å²) in [6, 6.07) is 6.21. The molecule has 1 atom stereocenters. The van der Waals surface area contributed by atoms with Crippen LogP contribution in [0.3, 0.4) is 0 Å². The van der Waals surface area contributed by atoms with E-state index in [0.717, 1.165) is 47.0 Å². The molecule has 0 bridgehead atoms. The first kappa shape index (κ1) is 16.8. The Labute approximate surface area is 162 Å². The van der Waals surface area contributed by atoms with Crippen LogP contribution in [-0.4, -0.2) is 54.7 Å². The minimum absolute atomic E-state index is 0.325. The fourth-order valence-electron chi connectivity index (χ4n) is 3.90. The lowest BCUT2D eigenvalue weighted by molar-refractivity contribution is 0.0537. The number of aliphatic imine (C=N–C) groups is 1. The third-order valence-corrected chi connectivity index (χ3v) is 5.22. The zero-order valence-corrected chi connectivity index (χ0v) is 15.5. The normalized spacial score (nSPS) is 18.6. The van der Waals surface area contributed by atoms with Crippen molar-refractivity contribution in [2.24, 2.45) is 4.99 Å². The van der Waals surface area contributed by atoms with Crippen LogP contribution in [0.1, 0.15) is 16.8 Å². The molecule has 7 heteroatoms. The SMILES string of the molecule is Cc1cn(C2=NCC(O)N3CCc4c(cccc4-c4cnccn4)C3=C2)cn1. The highest BCUT2D eigenvalue weighted by atomic mass is 16.3. The summed E-state index contributed by atoms with van der Waals surface area (Å²) in [4.78, 5) is 19.6. The number of hydrogen-bond donors (Lipinski definition) is 1. The van der Waals surface area contributed by atoms with Gasteiger partial charge in [0.1, 0.15) is 18.4 Å². The number of aromatic nitrogens is 4. The maximum absolute atomic E-state index is 10.7. The van der Waals surface area contributed by atoms with E-state index in [9.17, 15) is 5.11 Å². The summed E-state index contributed by atoms with van der Waals surface area (Å²) in [6.45, 7) is 3.00. The highest BCUT2D eigenvalue weighted by Crippen LogP contribution is 2.36. The molecule has 1 N–H and O–H groups in total. The zero-order chi connectivity index (χ0) is 19.1. The van der Waals surface area contributed by atoms with E-state index >= 15 is 0 Å². The first-order valence-electron chi connectivity index (χ1n) is 9.31. The van der Waals surface area contributed by atoms with Crippen molar-refractivity contribution in [3.8, 4) is 11.3 Å². The fraction of sp³-hybridized carbons (Fsp3) is 0.238. The standard InChI is InChI=1S/C21H20N6O/c1-14-12-26(13-25-14)20-9-19-17-4-2-3-16(18-10-22-6-7-23-18)15(17)5-8-27(19)21(28)11-24-20/h2-4,6-7,9-10,12-13,21,28H,5,8,11H2,1H3. The lowest BCUT2D eigenvalue weighted by Gasteiger charge is -2.36. The molecule has 3 aromatic rings. The second-order valence-electron chi connectivity index (χ2n) is 7.00. The molecule has 0 amide bonds. The molecule has 0 aliphatic carbocycles. The van der Waals surface area contributed by atoms with E-state index in [1.54, 1.807) is 24.9 Å². The van der Waals surface area contributed by atoms with Gasteiger partial charge in [-0.15, -0.1) is 0 Å². The summed E-state index contributed by atoms with van der Waals surface area (Å²) in [7, 11) is 0. The summed E-state index contributed by atoms with van der Waals surface area (Å²) < 4.78 is 1.90. The number of rotatable bonds is 1. The Kier molecular flexibility index (Phi) is 4.02. The van der Waals surface area contributed by atoms with Crippen molar-refractivity contribution in [1.82, 2.24) is 24.4 Å². The topological polar surface area (TPSA) is 79.4 Å². The molecule has 0 spiro atoms. The smallest absolute Gasteiger partial charge is 0.146 e. The van der Waals surface area contributed by atoms with Crippen molar-refractivity contribution >= 4 is 11.5 Å². The van der Waals surface area contributed by atoms with Crippen molar-refractivity contribution in [3.63, 3.8) is 0 Å². The van der Waals surface area contributed by atoms with Gasteiger partial charge in [0.15, 0.2) is 0 Å². The molecule has 0 radical (unpaired) electrons. The number of allylic oxidation sites excluding steroid dienone is 1. The van der Waals surface area contributed by atoms with Crippen molar-refractivity contribution in [1.29, 1.82) is 0 Å². The van der Waals surface area contributed by atoms with Crippen LogP contribution in [-0.2, 0) is 6.42 Å². The minimum atomic E-state index is -0.651. The van der Waals surface area contributed by atoms with Crippen LogP contribution in [0, 0.1) is 6.92 Å². The molecule has 5 rings (SSSR count). The van der Waals surface area contributed by atoms with Gasteiger partial charge < -0.3 is 10.0 Å². The highest BCUT2D eigenvalue weighted by Gasteiger charge is 2.29. The Hall–Kier alpha value is -3.32. The quantitative estimate of drug-likeness (QED) is 0.708. The molecule has 4 heterocycles. The molecule has 1 aromatic carbocycles. The van der Waals surface area contributed by atoms with Gasteiger partial charge in [-0.1, -0.05) is 18.2 Å². The molecule has 0 saturated heterocycles. The summed E-state index contributed by atoms with van der Waals surface area (Å²) in [5.74, 6) is 0.773. The van der Waals surface area contributed by atoms with Crippen molar-refractivity contribution < 1.29 is 5.11 Å². The van der Waals surface area contributed by atoms with Gasteiger partial charge in [-0.2, -0.15) is 0 Å². The van der Waals surface area contributed by atoms with Crippen LogP contribution < -0.4 is 0 Å². The van der Waals surface area contributed by atoms with Gasteiger partial charge in [-0.25, -0.2) is 4.98 Å². The van der Waals surface area contributed by atoms with Crippen molar-refractivity contribution in [2.45, 2.75) is 19.6 Å². The zero-order valence-electron chi connectivity index (χ0n) is 15.5. The van der Waals surface area contributed by atoms with E-state index in [1.165, 1.54) is 5.56 Å². The number of fused-ring (bicyclic) bond motifs is 3. The molecule has 2 aromatic heterocycles. The number of aliphatic hydroxyl groups is 1. The van der Waals surface area contributed by atoms with Crippen LogP contribution in [0.2, 0.25) is 0 Å². The number of aliphatic hydroxyl groups excluding tert-OH is 1. The number of aryl methyl sites for hydroxylation is 1. The van der Waals surface area contributed by atoms with E-state index in [2.05, 4.69) is 32.1 Å². The molecular formula is C21H20N6O. The Morgan fingerprint density at radius 1 is 1.14 bits per heavy atom. The fourth-order valence-corrected chi connectivity index (χ4v) is 3.90. The molecule has 1 unspecified atom stereocenters. The number of nitrogens with zero attached hydrogens (tertiary/aromatic N) is 6.